The Balaban J connectivity index is 0.000000229. The maximum absolute atomic E-state index is 11.5. The summed E-state index contributed by atoms with van der Waals surface area (Å²) in [5, 5.41) is 0. The second-order valence-corrected chi connectivity index (χ2v) is 15.0. The van der Waals surface area contributed by atoms with Gasteiger partial charge < -0.3 is 4.55 Å². The zero-order valence-corrected chi connectivity index (χ0v) is 27.5. The van der Waals surface area contributed by atoms with Crippen molar-refractivity contribution in [3.63, 3.8) is 0 Å². The van der Waals surface area contributed by atoms with Gasteiger partial charge in [-0.15, -0.1) is 0 Å². The number of benzene rings is 4. The minimum absolute atomic E-state index is 0.00910. The molecule has 4 aromatic rings. The van der Waals surface area contributed by atoms with Gasteiger partial charge in [0.1, 0.15) is 10.1 Å². The Morgan fingerprint density at radius 2 is 0.854 bits per heavy atom. The van der Waals surface area contributed by atoms with Crippen LogP contribution in [-0.4, -0.2) is 13.0 Å². The zero-order valence-electron chi connectivity index (χ0n) is 25.9. The molecule has 0 fully saturated rings. The van der Waals surface area contributed by atoms with E-state index in [9.17, 15) is 13.0 Å². The lowest BCUT2D eigenvalue weighted by atomic mass is 9.83. The van der Waals surface area contributed by atoms with Gasteiger partial charge in [0.25, 0.3) is 0 Å². The van der Waals surface area contributed by atoms with Crippen LogP contribution in [0.25, 0.3) is 0 Å². The van der Waals surface area contributed by atoms with Crippen LogP contribution in [0.5, 0.6) is 0 Å². The van der Waals surface area contributed by atoms with Gasteiger partial charge >= 0.3 is 0 Å². The monoisotopic (exact) mass is 588 g/mol. The molecular weight excluding hydrogens is 545 g/mol. The molecular formula is C36H44O3S2. The average Bonchev–Trinajstić information content (AvgIpc) is 2.91. The van der Waals surface area contributed by atoms with Gasteiger partial charge in [0.05, 0.1) is 15.8 Å². The summed E-state index contributed by atoms with van der Waals surface area (Å²) >= 11 is 0. The molecule has 0 aliphatic heterocycles. The normalized spacial score (nSPS) is 11.8. The van der Waals surface area contributed by atoms with Crippen LogP contribution in [0, 0.1) is 20.8 Å². The van der Waals surface area contributed by atoms with Crippen LogP contribution in [0.2, 0.25) is 0 Å². The molecule has 0 amide bonds. The van der Waals surface area contributed by atoms with Crippen LogP contribution in [0.1, 0.15) is 92.7 Å². The predicted octanol–water partition coefficient (Wildman–Crippen LogP) is 9.67. The van der Waals surface area contributed by atoms with Crippen molar-refractivity contribution in [1.29, 1.82) is 0 Å². The van der Waals surface area contributed by atoms with Crippen LogP contribution in [0.4, 0.5) is 0 Å². The van der Waals surface area contributed by atoms with E-state index in [1.807, 2.05) is 27.7 Å². The summed E-state index contributed by atoms with van der Waals surface area (Å²) in [7, 11) is -4.47. The molecule has 0 heterocycles. The van der Waals surface area contributed by atoms with Crippen molar-refractivity contribution in [3.8, 4) is 0 Å². The Labute approximate surface area is 251 Å². The van der Waals surface area contributed by atoms with Crippen molar-refractivity contribution in [2.45, 2.75) is 99.6 Å². The van der Waals surface area contributed by atoms with E-state index in [2.05, 4.69) is 107 Å². The molecule has 0 saturated carbocycles. The largest absolute Gasteiger partial charge is 0.744 e. The van der Waals surface area contributed by atoms with Crippen molar-refractivity contribution in [1.82, 2.24) is 0 Å². The van der Waals surface area contributed by atoms with Crippen LogP contribution < -0.4 is 0 Å². The highest BCUT2D eigenvalue weighted by atomic mass is 32.2. The van der Waals surface area contributed by atoms with Crippen LogP contribution in [0.3, 0.4) is 0 Å². The van der Waals surface area contributed by atoms with Crippen molar-refractivity contribution in [2.75, 3.05) is 0 Å². The second-order valence-electron chi connectivity index (χ2n) is 11.6. The van der Waals surface area contributed by atoms with E-state index in [1.54, 1.807) is 6.07 Å². The van der Waals surface area contributed by atoms with Crippen LogP contribution in [-0.2, 0) is 21.0 Å². The quantitative estimate of drug-likeness (QED) is 0.159. The molecule has 0 unspecified atom stereocenters. The topological polar surface area (TPSA) is 57.2 Å². The van der Waals surface area contributed by atoms with Crippen LogP contribution >= 0.6 is 0 Å². The maximum Gasteiger partial charge on any atom is 0.166 e. The van der Waals surface area contributed by atoms with Gasteiger partial charge in [-0.3, -0.25) is 0 Å². The Hall–Kier alpha value is -2.86. The van der Waals surface area contributed by atoms with Gasteiger partial charge in [0.2, 0.25) is 0 Å². The first kappa shape index (κ1) is 32.7. The first-order valence-electron chi connectivity index (χ1n) is 14.3. The molecule has 0 atom stereocenters. The second kappa shape index (κ2) is 13.9. The highest BCUT2D eigenvalue weighted by Gasteiger charge is 2.28. The first-order chi connectivity index (χ1) is 19.2. The average molecular weight is 589 g/mol. The van der Waals surface area contributed by atoms with Crippen molar-refractivity contribution >= 4 is 21.0 Å². The Morgan fingerprint density at radius 3 is 1.12 bits per heavy atom. The van der Waals surface area contributed by atoms with E-state index < -0.39 is 10.1 Å². The van der Waals surface area contributed by atoms with E-state index in [0.717, 1.165) is 11.1 Å². The summed E-state index contributed by atoms with van der Waals surface area (Å²) in [6.07, 6.45) is 0. The molecule has 41 heavy (non-hydrogen) atoms. The van der Waals surface area contributed by atoms with Crippen molar-refractivity contribution in [3.05, 3.63) is 118 Å². The standard InChI is InChI=1S/C21H21S.C15H24O3S/c1-16-4-10-19(11-5-16)22(20-12-6-17(2)7-13-20)21-14-8-18(3)9-15-21;1-9(2)12-7-8-13(19(16,17)18)15(11(5)6)14(12)10(3)4/h4-15H,1-3H3;7-11H,1-6H3,(H,16,17,18)/q+1;/p-1. The van der Waals surface area contributed by atoms with E-state index in [1.165, 1.54) is 37.4 Å². The number of aryl methyl sites for hydroxylation is 3. The van der Waals surface area contributed by atoms with Crippen molar-refractivity contribution < 1.29 is 13.0 Å². The van der Waals surface area contributed by atoms with Gasteiger partial charge in [0, 0.05) is 0 Å². The van der Waals surface area contributed by atoms with Gasteiger partial charge in [-0.05, 0) is 97.7 Å². The lowest BCUT2D eigenvalue weighted by Gasteiger charge is -2.26. The highest BCUT2D eigenvalue weighted by Crippen LogP contribution is 2.37. The first-order valence-corrected chi connectivity index (χ1v) is 16.9. The van der Waals surface area contributed by atoms with Gasteiger partial charge in [-0.2, -0.15) is 0 Å². The summed E-state index contributed by atoms with van der Waals surface area (Å²) in [6, 6.07) is 30.1. The summed E-state index contributed by atoms with van der Waals surface area (Å²) in [5.74, 6) is 0.504. The molecule has 0 saturated heterocycles. The number of rotatable bonds is 7. The SMILES string of the molecule is CC(C)c1ccc(S(=O)(=O)[O-])c(C(C)C)c1C(C)C.Cc1ccc([S+](c2ccc(C)cc2)c2ccc(C)cc2)cc1. The van der Waals surface area contributed by atoms with Gasteiger partial charge in [-0.1, -0.05) is 101 Å². The van der Waals surface area contributed by atoms with E-state index >= 15 is 0 Å². The number of hydrogen-bond acceptors (Lipinski definition) is 3. The molecule has 0 aliphatic rings. The molecule has 0 aliphatic carbocycles. The Bertz CT molecular complexity index is 1420. The fraction of sp³-hybridized carbons (Fsp3) is 0.333. The molecule has 4 rings (SSSR count). The molecule has 0 spiro atoms. The van der Waals surface area contributed by atoms with E-state index in [4.69, 9.17) is 0 Å². The number of hydrogen-bond donors (Lipinski definition) is 0. The molecule has 5 heteroatoms. The molecule has 0 bridgehead atoms. The summed E-state index contributed by atoms with van der Waals surface area (Å²) in [6.45, 7) is 18.5. The minimum Gasteiger partial charge on any atom is -0.744 e. The third-order valence-electron chi connectivity index (χ3n) is 7.10. The summed E-state index contributed by atoms with van der Waals surface area (Å²) in [4.78, 5) is 4.06. The third kappa shape index (κ3) is 8.34. The molecule has 0 radical (unpaired) electrons. The molecule has 3 nitrogen and oxygen atoms in total. The molecule has 0 N–H and O–H groups in total. The highest BCUT2D eigenvalue weighted by molar-refractivity contribution is 7.97. The Morgan fingerprint density at radius 1 is 0.512 bits per heavy atom. The maximum atomic E-state index is 11.5. The summed E-state index contributed by atoms with van der Waals surface area (Å²) in [5.41, 5.74) is 6.75. The fourth-order valence-electron chi connectivity index (χ4n) is 5.03. The van der Waals surface area contributed by atoms with Crippen LogP contribution in [0.15, 0.2) is 105 Å². The predicted molar refractivity (Wildman–Crippen MR) is 172 cm³/mol. The van der Waals surface area contributed by atoms with Gasteiger partial charge in [0.15, 0.2) is 14.7 Å². The molecule has 4 aromatic carbocycles. The van der Waals surface area contributed by atoms with Gasteiger partial charge in [-0.25, -0.2) is 8.42 Å². The van der Waals surface area contributed by atoms with E-state index in [-0.39, 0.29) is 27.6 Å². The molecule has 218 valence electrons. The molecule has 0 aromatic heterocycles. The fourth-order valence-corrected chi connectivity index (χ4v) is 7.92. The van der Waals surface area contributed by atoms with Crippen molar-refractivity contribution in [2.24, 2.45) is 0 Å². The minimum atomic E-state index is -4.43. The summed E-state index contributed by atoms with van der Waals surface area (Å²) < 4.78 is 34.4. The van der Waals surface area contributed by atoms with E-state index in [0.29, 0.717) is 11.5 Å². The Kier molecular flexibility index (Phi) is 11.0. The zero-order chi connectivity index (χ0) is 30.5. The lowest BCUT2D eigenvalue weighted by molar-refractivity contribution is 0.461. The smallest absolute Gasteiger partial charge is 0.166 e. The third-order valence-corrected chi connectivity index (χ3v) is 10.2. The lowest BCUT2D eigenvalue weighted by Crippen LogP contribution is -2.12.